The fourth-order valence-corrected chi connectivity index (χ4v) is 2.65. The number of anilines is 1. The normalized spacial score (nSPS) is 11.6. The number of hydrogen-bond acceptors (Lipinski definition) is 2. The molecule has 0 saturated heterocycles. The van der Waals surface area contributed by atoms with Crippen LogP contribution < -0.4 is 10.6 Å². The topological polar surface area (TPSA) is 58.2 Å². The number of carbonyl (C=O) groups excluding carboxylic acids is 2. The third kappa shape index (κ3) is 4.69. The van der Waals surface area contributed by atoms with Crippen LogP contribution in [-0.4, -0.2) is 11.8 Å². The molecule has 0 saturated carbocycles. The molecule has 0 spiro atoms. The van der Waals surface area contributed by atoms with E-state index in [1.165, 1.54) is 0 Å². The van der Waals surface area contributed by atoms with Crippen molar-refractivity contribution in [2.45, 2.75) is 39.7 Å². The van der Waals surface area contributed by atoms with Crippen molar-refractivity contribution >= 4 is 17.5 Å². The Morgan fingerprint density at radius 3 is 2.38 bits per heavy atom. The Labute approximate surface area is 143 Å². The number of amides is 2. The standard InChI is InChI=1S/C20H24N2O2/c1-4-16-12-8-9-14(2)20(16)22-19(24)13-18(23)21-15(3)17-10-6-5-7-11-17/h5-12,15H,4,13H2,1-3H3,(H,21,23)(H,22,24). The lowest BCUT2D eigenvalue weighted by Crippen LogP contribution is -2.30. The van der Waals surface area contributed by atoms with Gasteiger partial charge in [0.25, 0.3) is 0 Å². The predicted molar refractivity (Wildman–Crippen MR) is 96.8 cm³/mol. The van der Waals surface area contributed by atoms with Gasteiger partial charge < -0.3 is 10.6 Å². The smallest absolute Gasteiger partial charge is 0.233 e. The van der Waals surface area contributed by atoms with Crippen molar-refractivity contribution < 1.29 is 9.59 Å². The first-order valence-electron chi connectivity index (χ1n) is 8.24. The number of nitrogens with one attached hydrogen (secondary N) is 2. The summed E-state index contributed by atoms with van der Waals surface area (Å²) in [4.78, 5) is 24.3. The van der Waals surface area contributed by atoms with Crippen LogP contribution in [0.15, 0.2) is 48.5 Å². The molecule has 2 amide bonds. The lowest BCUT2D eigenvalue weighted by Gasteiger charge is -2.15. The Morgan fingerprint density at radius 1 is 1.00 bits per heavy atom. The molecule has 2 rings (SSSR count). The van der Waals surface area contributed by atoms with Crippen LogP contribution in [0.25, 0.3) is 0 Å². The molecule has 1 atom stereocenters. The van der Waals surface area contributed by atoms with Gasteiger partial charge in [0, 0.05) is 5.69 Å². The van der Waals surface area contributed by atoms with Crippen LogP contribution in [0.5, 0.6) is 0 Å². The van der Waals surface area contributed by atoms with Crippen molar-refractivity contribution in [3.8, 4) is 0 Å². The zero-order valence-electron chi connectivity index (χ0n) is 14.4. The van der Waals surface area contributed by atoms with Gasteiger partial charge in [-0.1, -0.05) is 55.5 Å². The molecule has 2 N–H and O–H groups in total. The summed E-state index contributed by atoms with van der Waals surface area (Å²) in [5.41, 5.74) is 3.90. The zero-order valence-corrected chi connectivity index (χ0v) is 14.4. The Bertz CT molecular complexity index is 711. The molecule has 24 heavy (non-hydrogen) atoms. The largest absolute Gasteiger partial charge is 0.349 e. The average molecular weight is 324 g/mol. The molecule has 0 fully saturated rings. The Kier molecular flexibility index (Phi) is 6.13. The van der Waals surface area contributed by atoms with E-state index >= 15 is 0 Å². The second-order valence-electron chi connectivity index (χ2n) is 5.89. The summed E-state index contributed by atoms with van der Waals surface area (Å²) in [6.07, 6.45) is 0.642. The van der Waals surface area contributed by atoms with E-state index in [0.29, 0.717) is 0 Å². The van der Waals surface area contributed by atoms with Crippen LogP contribution in [0, 0.1) is 6.92 Å². The highest BCUT2D eigenvalue weighted by Gasteiger charge is 2.15. The quantitative estimate of drug-likeness (QED) is 0.795. The van der Waals surface area contributed by atoms with Gasteiger partial charge in [-0.2, -0.15) is 0 Å². The van der Waals surface area contributed by atoms with Crippen LogP contribution >= 0.6 is 0 Å². The minimum absolute atomic E-state index is 0.129. The lowest BCUT2D eigenvalue weighted by molar-refractivity contribution is -0.127. The summed E-state index contributed by atoms with van der Waals surface area (Å²) in [6, 6.07) is 15.5. The van der Waals surface area contributed by atoms with Crippen LogP contribution in [-0.2, 0) is 16.0 Å². The molecule has 2 aromatic carbocycles. The molecular formula is C20H24N2O2. The monoisotopic (exact) mass is 324 g/mol. The minimum atomic E-state index is -0.295. The maximum atomic E-state index is 12.2. The van der Waals surface area contributed by atoms with Crippen molar-refractivity contribution in [1.82, 2.24) is 5.32 Å². The van der Waals surface area contributed by atoms with Gasteiger partial charge in [-0.15, -0.1) is 0 Å². The molecule has 126 valence electrons. The Hall–Kier alpha value is -2.62. The third-order valence-corrected chi connectivity index (χ3v) is 4.00. The van der Waals surface area contributed by atoms with Crippen molar-refractivity contribution in [1.29, 1.82) is 0 Å². The molecule has 1 unspecified atom stereocenters. The van der Waals surface area contributed by atoms with E-state index in [1.807, 2.05) is 69.3 Å². The van der Waals surface area contributed by atoms with E-state index in [-0.39, 0.29) is 24.3 Å². The Morgan fingerprint density at radius 2 is 1.71 bits per heavy atom. The maximum absolute atomic E-state index is 12.2. The molecule has 4 nitrogen and oxygen atoms in total. The molecule has 0 bridgehead atoms. The fourth-order valence-electron chi connectivity index (χ4n) is 2.65. The van der Waals surface area contributed by atoms with Gasteiger partial charge in [0.1, 0.15) is 6.42 Å². The second-order valence-corrected chi connectivity index (χ2v) is 5.89. The van der Waals surface area contributed by atoms with Crippen LogP contribution in [0.4, 0.5) is 5.69 Å². The second kappa shape index (κ2) is 8.29. The number of para-hydroxylation sites is 1. The van der Waals surface area contributed by atoms with Gasteiger partial charge in [-0.25, -0.2) is 0 Å². The number of carbonyl (C=O) groups is 2. The first kappa shape index (κ1) is 17.7. The lowest BCUT2D eigenvalue weighted by atomic mass is 10.1. The van der Waals surface area contributed by atoms with Crippen molar-refractivity contribution in [2.24, 2.45) is 0 Å². The Balaban J connectivity index is 1.94. The van der Waals surface area contributed by atoms with Crippen LogP contribution in [0.1, 0.15) is 43.0 Å². The summed E-state index contributed by atoms with van der Waals surface area (Å²) in [7, 11) is 0. The van der Waals surface area contributed by atoms with Gasteiger partial charge in [0.2, 0.25) is 11.8 Å². The fraction of sp³-hybridized carbons (Fsp3) is 0.300. The van der Waals surface area contributed by atoms with Gasteiger partial charge in [0.15, 0.2) is 0 Å². The summed E-state index contributed by atoms with van der Waals surface area (Å²) in [5.74, 6) is -0.577. The molecule has 0 heterocycles. The van der Waals surface area contributed by atoms with Crippen LogP contribution in [0.3, 0.4) is 0 Å². The first-order chi connectivity index (χ1) is 11.5. The predicted octanol–water partition coefficient (Wildman–Crippen LogP) is 3.76. The van der Waals surface area contributed by atoms with E-state index in [9.17, 15) is 9.59 Å². The molecule has 0 radical (unpaired) electrons. The van der Waals surface area contributed by atoms with E-state index in [4.69, 9.17) is 0 Å². The highest BCUT2D eigenvalue weighted by Crippen LogP contribution is 2.21. The molecule has 0 aliphatic rings. The third-order valence-electron chi connectivity index (χ3n) is 4.00. The van der Waals surface area contributed by atoms with Crippen LogP contribution in [0.2, 0.25) is 0 Å². The molecule has 0 aliphatic heterocycles. The van der Waals surface area contributed by atoms with Gasteiger partial charge >= 0.3 is 0 Å². The number of hydrogen-bond donors (Lipinski definition) is 2. The van der Waals surface area contributed by atoms with Crippen molar-refractivity contribution in [3.63, 3.8) is 0 Å². The summed E-state index contributed by atoms with van der Waals surface area (Å²) in [5, 5.41) is 5.73. The number of rotatable bonds is 6. The van der Waals surface area contributed by atoms with Gasteiger partial charge in [0.05, 0.1) is 6.04 Å². The molecule has 0 aromatic heterocycles. The van der Waals surface area contributed by atoms with Gasteiger partial charge in [-0.3, -0.25) is 9.59 Å². The summed E-state index contributed by atoms with van der Waals surface area (Å²) >= 11 is 0. The number of benzene rings is 2. The summed E-state index contributed by atoms with van der Waals surface area (Å²) in [6.45, 7) is 5.90. The van der Waals surface area contributed by atoms with Crippen molar-refractivity contribution in [2.75, 3.05) is 5.32 Å². The van der Waals surface area contributed by atoms with E-state index in [2.05, 4.69) is 10.6 Å². The molecule has 2 aromatic rings. The SMILES string of the molecule is CCc1cccc(C)c1NC(=O)CC(=O)NC(C)c1ccccc1. The van der Waals surface area contributed by atoms with E-state index in [0.717, 1.165) is 28.8 Å². The molecule has 0 aliphatic carbocycles. The molecule has 4 heteroatoms. The molecular weight excluding hydrogens is 300 g/mol. The highest BCUT2D eigenvalue weighted by molar-refractivity contribution is 6.04. The number of aryl methyl sites for hydroxylation is 2. The van der Waals surface area contributed by atoms with Gasteiger partial charge in [-0.05, 0) is 37.0 Å². The maximum Gasteiger partial charge on any atom is 0.233 e. The van der Waals surface area contributed by atoms with Crippen molar-refractivity contribution in [3.05, 3.63) is 65.2 Å². The average Bonchev–Trinajstić information content (AvgIpc) is 2.57. The van der Waals surface area contributed by atoms with E-state index < -0.39 is 0 Å². The first-order valence-corrected chi connectivity index (χ1v) is 8.24. The highest BCUT2D eigenvalue weighted by atomic mass is 16.2. The minimum Gasteiger partial charge on any atom is -0.349 e. The van der Waals surface area contributed by atoms with E-state index in [1.54, 1.807) is 0 Å². The summed E-state index contributed by atoms with van der Waals surface area (Å²) < 4.78 is 0. The zero-order chi connectivity index (χ0) is 17.5.